The fraction of sp³-hybridized carbons (Fsp3) is 0.750. The Balaban J connectivity index is 2.82. The third-order valence-corrected chi connectivity index (χ3v) is 3.34. The Labute approximate surface area is 96.7 Å². The van der Waals surface area contributed by atoms with E-state index in [2.05, 4.69) is 38.1 Å². The van der Waals surface area contributed by atoms with E-state index in [1.54, 1.807) is 18.4 Å². The highest BCUT2D eigenvalue weighted by Gasteiger charge is 2.20. The van der Waals surface area contributed by atoms with E-state index in [0.717, 1.165) is 17.8 Å². The third-order valence-electron chi connectivity index (χ3n) is 2.40. The van der Waals surface area contributed by atoms with Crippen molar-refractivity contribution in [2.45, 2.75) is 52.1 Å². The van der Waals surface area contributed by atoms with Crippen LogP contribution in [0.3, 0.4) is 0 Å². The molecule has 1 heterocycles. The number of hydrogen-bond acceptors (Lipinski definition) is 3. The van der Waals surface area contributed by atoms with Gasteiger partial charge in [-0.1, -0.05) is 34.1 Å². The summed E-state index contributed by atoms with van der Waals surface area (Å²) in [6.45, 7) is 8.73. The summed E-state index contributed by atoms with van der Waals surface area (Å²) in [6.07, 6.45) is 2.35. The number of thiazole rings is 1. The van der Waals surface area contributed by atoms with E-state index in [9.17, 15) is 0 Å². The molecule has 0 N–H and O–H groups in total. The van der Waals surface area contributed by atoms with Gasteiger partial charge in [-0.05, 0) is 6.42 Å². The van der Waals surface area contributed by atoms with Crippen molar-refractivity contribution in [3.8, 4) is 0 Å². The molecule has 1 rings (SSSR count). The SMILES string of the molecule is CCCC(OC)c1nc(C(C)(C)C)cs1. The Morgan fingerprint density at radius 2 is 2.13 bits per heavy atom. The van der Waals surface area contributed by atoms with Crippen LogP contribution in [0.1, 0.15) is 57.3 Å². The average molecular weight is 227 g/mol. The molecule has 0 bridgehead atoms. The molecule has 1 unspecified atom stereocenters. The Kier molecular flexibility index (Phi) is 4.29. The molecule has 0 fully saturated rings. The molecule has 1 atom stereocenters. The number of rotatable bonds is 4. The maximum absolute atomic E-state index is 5.45. The molecule has 0 amide bonds. The third kappa shape index (κ3) is 3.28. The van der Waals surface area contributed by atoms with Crippen molar-refractivity contribution in [2.75, 3.05) is 7.11 Å². The van der Waals surface area contributed by atoms with Gasteiger partial charge in [-0.3, -0.25) is 0 Å². The minimum Gasteiger partial charge on any atom is -0.374 e. The summed E-state index contributed by atoms with van der Waals surface area (Å²) in [5.41, 5.74) is 1.31. The lowest BCUT2D eigenvalue weighted by Crippen LogP contribution is -2.12. The van der Waals surface area contributed by atoms with E-state index in [1.807, 2.05) is 0 Å². The van der Waals surface area contributed by atoms with E-state index < -0.39 is 0 Å². The van der Waals surface area contributed by atoms with Crippen LogP contribution in [0.4, 0.5) is 0 Å². The van der Waals surface area contributed by atoms with Crippen molar-refractivity contribution < 1.29 is 4.74 Å². The average Bonchev–Trinajstić information content (AvgIpc) is 2.62. The minimum atomic E-state index is 0.138. The van der Waals surface area contributed by atoms with Gasteiger partial charge in [0.2, 0.25) is 0 Å². The topological polar surface area (TPSA) is 22.1 Å². The summed E-state index contributed by atoms with van der Waals surface area (Å²) in [6, 6.07) is 0. The molecule has 1 aromatic rings. The van der Waals surface area contributed by atoms with E-state index in [0.29, 0.717) is 0 Å². The van der Waals surface area contributed by atoms with Gasteiger partial charge < -0.3 is 4.74 Å². The highest BCUT2D eigenvalue weighted by atomic mass is 32.1. The highest BCUT2D eigenvalue weighted by Crippen LogP contribution is 2.29. The maximum Gasteiger partial charge on any atom is 0.122 e. The smallest absolute Gasteiger partial charge is 0.122 e. The van der Waals surface area contributed by atoms with Crippen LogP contribution in [0.2, 0.25) is 0 Å². The molecule has 0 aliphatic carbocycles. The van der Waals surface area contributed by atoms with Gasteiger partial charge in [-0.15, -0.1) is 11.3 Å². The van der Waals surface area contributed by atoms with Crippen LogP contribution < -0.4 is 0 Å². The van der Waals surface area contributed by atoms with Crippen LogP contribution in [0.25, 0.3) is 0 Å². The number of aromatic nitrogens is 1. The molecule has 0 radical (unpaired) electrons. The second kappa shape index (κ2) is 5.08. The first-order valence-electron chi connectivity index (χ1n) is 5.47. The summed E-state index contributed by atoms with van der Waals surface area (Å²) in [5.74, 6) is 0. The van der Waals surface area contributed by atoms with Crippen molar-refractivity contribution in [2.24, 2.45) is 0 Å². The second-order valence-electron chi connectivity index (χ2n) is 4.83. The van der Waals surface area contributed by atoms with E-state index in [1.165, 1.54) is 5.69 Å². The summed E-state index contributed by atoms with van der Waals surface area (Å²) in [4.78, 5) is 4.66. The first kappa shape index (κ1) is 12.7. The van der Waals surface area contributed by atoms with Crippen LogP contribution >= 0.6 is 11.3 Å². The number of nitrogens with zero attached hydrogens (tertiary/aromatic N) is 1. The zero-order chi connectivity index (χ0) is 11.5. The Morgan fingerprint density at radius 3 is 2.53 bits per heavy atom. The molecule has 0 spiro atoms. The first-order chi connectivity index (χ1) is 6.99. The largest absolute Gasteiger partial charge is 0.374 e. The van der Waals surface area contributed by atoms with E-state index >= 15 is 0 Å². The molecule has 3 heteroatoms. The normalized spacial score (nSPS) is 14.2. The quantitative estimate of drug-likeness (QED) is 0.777. The first-order valence-corrected chi connectivity index (χ1v) is 6.35. The van der Waals surface area contributed by atoms with Crippen molar-refractivity contribution in [1.82, 2.24) is 4.98 Å². The summed E-state index contributed by atoms with van der Waals surface area (Å²) in [5, 5.41) is 3.26. The molecule has 1 aromatic heterocycles. The molecule has 0 aromatic carbocycles. The van der Waals surface area contributed by atoms with Crippen molar-refractivity contribution in [3.63, 3.8) is 0 Å². The van der Waals surface area contributed by atoms with Crippen molar-refractivity contribution >= 4 is 11.3 Å². The number of ether oxygens (including phenoxy) is 1. The molecule has 15 heavy (non-hydrogen) atoms. The van der Waals surface area contributed by atoms with Gasteiger partial charge in [0.15, 0.2) is 0 Å². The van der Waals surface area contributed by atoms with Crippen molar-refractivity contribution in [1.29, 1.82) is 0 Å². The van der Waals surface area contributed by atoms with Gasteiger partial charge in [-0.25, -0.2) is 4.98 Å². The lowest BCUT2D eigenvalue weighted by atomic mass is 9.93. The Bertz CT molecular complexity index is 301. The minimum absolute atomic E-state index is 0.138. The molecule has 2 nitrogen and oxygen atoms in total. The molecule has 0 saturated heterocycles. The predicted octanol–water partition coefficient (Wildman–Crippen LogP) is 3.93. The van der Waals surface area contributed by atoms with Crippen LogP contribution in [0.5, 0.6) is 0 Å². The number of methoxy groups -OCH3 is 1. The summed E-state index contributed by atoms with van der Waals surface area (Å²) in [7, 11) is 1.76. The van der Waals surface area contributed by atoms with Gasteiger partial charge in [0.1, 0.15) is 11.1 Å². The zero-order valence-electron chi connectivity index (χ0n) is 10.3. The number of hydrogen-bond donors (Lipinski definition) is 0. The van der Waals surface area contributed by atoms with Crippen LogP contribution in [-0.4, -0.2) is 12.1 Å². The van der Waals surface area contributed by atoms with Gasteiger partial charge in [0.25, 0.3) is 0 Å². The summed E-state index contributed by atoms with van der Waals surface area (Å²) < 4.78 is 5.45. The van der Waals surface area contributed by atoms with E-state index in [4.69, 9.17) is 4.74 Å². The van der Waals surface area contributed by atoms with Crippen LogP contribution in [0.15, 0.2) is 5.38 Å². The summed E-state index contributed by atoms with van der Waals surface area (Å²) >= 11 is 1.71. The molecular formula is C12H21NOS. The molecular weight excluding hydrogens is 206 g/mol. The zero-order valence-corrected chi connectivity index (χ0v) is 11.1. The maximum atomic E-state index is 5.45. The Hall–Kier alpha value is -0.410. The van der Waals surface area contributed by atoms with Gasteiger partial charge >= 0.3 is 0 Å². The highest BCUT2D eigenvalue weighted by molar-refractivity contribution is 7.09. The van der Waals surface area contributed by atoms with E-state index in [-0.39, 0.29) is 11.5 Å². The molecule has 86 valence electrons. The monoisotopic (exact) mass is 227 g/mol. The van der Waals surface area contributed by atoms with Gasteiger partial charge in [-0.2, -0.15) is 0 Å². The predicted molar refractivity (Wildman–Crippen MR) is 65.5 cm³/mol. The van der Waals surface area contributed by atoms with Gasteiger partial charge in [0, 0.05) is 17.9 Å². The molecule has 0 saturated carbocycles. The lowest BCUT2D eigenvalue weighted by Gasteiger charge is -2.15. The Morgan fingerprint density at radius 1 is 1.47 bits per heavy atom. The molecule has 0 aliphatic heterocycles. The van der Waals surface area contributed by atoms with Crippen molar-refractivity contribution in [3.05, 3.63) is 16.1 Å². The van der Waals surface area contributed by atoms with Gasteiger partial charge in [0.05, 0.1) is 5.69 Å². The standard InChI is InChI=1S/C12H21NOS/c1-6-7-9(14-5)11-13-10(8-15-11)12(2,3)4/h8-9H,6-7H2,1-5H3. The molecule has 0 aliphatic rings. The van der Waals surface area contributed by atoms with Crippen LogP contribution in [-0.2, 0) is 10.2 Å². The second-order valence-corrected chi connectivity index (χ2v) is 5.72. The fourth-order valence-electron chi connectivity index (χ4n) is 1.38. The fourth-order valence-corrected chi connectivity index (χ4v) is 2.54. The van der Waals surface area contributed by atoms with Crippen LogP contribution in [0, 0.1) is 0 Å². The lowest BCUT2D eigenvalue weighted by molar-refractivity contribution is 0.0945.